The summed E-state index contributed by atoms with van der Waals surface area (Å²) in [6.45, 7) is 0.554. The molecule has 0 atom stereocenters. The lowest BCUT2D eigenvalue weighted by Crippen LogP contribution is -2.32. The molecule has 1 N–H and O–H groups in total. The van der Waals surface area contributed by atoms with Gasteiger partial charge in [0.05, 0.1) is 0 Å². The van der Waals surface area contributed by atoms with E-state index in [2.05, 4.69) is 5.32 Å². The van der Waals surface area contributed by atoms with Crippen LogP contribution in [0.15, 0.2) is 77.7 Å². The van der Waals surface area contributed by atoms with E-state index in [1.165, 1.54) is 12.1 Å². The van der Waals surface area contributed by atoms with E-state index in [-0.39, 0.29) is 16.6 Å². The van der Waals surface area contributed by atoms with Crippen molar-refractivity contribution >= 4 is 16.0 Å². The number of fused-ring (bicyclic) bond motifs is 1. The highest BCUT2D eigenvalue weighted by Crippen LogP contribution is 2.32. The van der Waals surface area contributed by atoms with E-state index in [0.29, 0.717) is 24.1 Å². The first kappa shape index (κ1) is 17.3. The number of carbonyl (C=O) groups is 1. The van der Waals surface area contributed by atoms with Crippen molar-refractivity contribution in [1.82, 2.24) is 5.32 Å². The van der Waals surface area contributed by atoms with Gasteiger partial charge in [-0.05, 0) is 35.7 Å². The predicted octanol–water partition coefficient (Wildman–Crippen LogP) is 3.41. The fourth-order valence-corrected chi connectivity index (χ4v) is 4.08. The van der Waals surface area contributed by atoms with Gasteiger partial charge in [-0.1, -0.05) is 54.6 Å². The first-order chi connectivity index (χ1) is 13.0. The first-order valence-corrected chi connectivity index (χ1v) is 9.95. The van der Waals surface area contributed by atoms with E-state index in [1.54, 1.807) is 24.3 Å². The molecule has 1 amide bonds. The molecule has 1 heterocycles. The molecular weight excluding hydrogens is 362 g/mol. The third-order valence-corrected chi connectivity index (χ3v) is 5.70. The Balaban J connectivity index is 1.71. The van der Waals surface area contributed by atoms with E-state index in [9.17, 15) is 13.2 Å². The minimum atomic E-state index is -4.08. The summed E-state index contributed by atoms with van der Waals surface area (Å²) >= 11 is 0. The van der Waals surface area contributed by atoms with Crippen molar-refractivity contribution in [2.75, 3.05) is 6.54 Å². The van der Waals surface area contributed by atoms with E-state index < -0.39 is 10.1 Å². The van der Waals surface area contributed by atoms with Crippen molar-refractivity contribution in [3.8, 4) is 16.9 Å². The van der Waals surface area contributed by atoms with Gasteiger partial charge in [-0.25, -0.2) is 0 Å². The molecule has 0 spiro atoms. The minimum absolute atomic E-state index is 0.0406. The summed E-state index contributed by atoms with van der Waals surface area (Å²) in [5.41, 5.74) is 2.75. The summed E-state index contributed by atoms with van der Waals surface area (Å²) < 4.78 is 31.1. The summed E-state index contributed by atoms with van der Waals surface area (Å²) in [6.07, 6.45) is 0.680. The Morgan fingerprint density at radius 1 is 0.852 bits per heavy atom. The molecule has 1 aliphatic rings. The minimum Gasteiger partial charge on any atom is -0.378 e. The maximum Gasteiger partial charge on any atom is 0.339 e. The Labute approximate surface area is 157 Å². The standard InChI is InChI=1S/C21H17NO4S/c23-21-19-14-17(11-10-16(19)12-13-22-21)27(24,25)26-20-9-5-4-8-18(20)15-6-2-1-3-7-15/h1-11,14H,12-13H2,(H,22,23). The van der Waals surface area contributed by atoms with Crippen LogP contribution in [0.3, 0.4) is 0 Å². The molecule has 1 aliphatic heterocycles. The fraction of sp³-hybridized carbons (Fsp3) is 0.0952. The average Bonchev–Trinajstić information content (AvgIpc) is 2.69. The molecule has 0 fully saturated rings. The molecule has 0 bridgehead atoms. The van der Waals surface area contributed by atoms with Crippen LogP contribution in [0.2, 0.25) is 0 Å². The molecule has 0 aliphatic carbocycles. The van der Waals surface area contributed by atoms with Gasteiger partial charge in [0, 0.05) is 17.7 Å². The quantitative estimate of drug-likeness (QED) is 0.705. The Kier molecular flexibility index (Phi) is 4.41. The zero-order valence-electron chi connectivity index (χ0n) is 14.4. The lowest BCUT2D eigenvalue weighted by Gasteiger charge is -2.17. The van der Waals surface area contributed by atoms with E-state index in [1.807, 2.05) is 36.4 Å². The van der Waals surface area contributed by atoms with Crippen molar-refractivity contribution in [1.29, 1.82) is 0 Å². The highest BCUT2D eigenvalue weighted by Gasteiger charge is 2.23. The second kappa shape index (κ2) is 6.89. The van der Waals surface area contributed by atoms with Gasteiger partial charge in [-0.2, -0.15) is 8.42 Å². The van der Waals surface area contributed by atoms with Gasteiger partial charge in [0.15, 0.2) is 5.75 Å². The zero-order chi connectivity index (χ0) is 18.9. The molecule has 27 heavy (non-hydrogen) atoms. The van der Waals surface area contributed by atoms with E-state index in [0.717, 1.165) is 11.1 Å². The van der Waals surface area contributed by atoms with Crippen molar-refractivity contribution in [3.63, 3.8) is 0 Å². The second-order valence-corrected chi connectivity index (χ2v) is 7.77. The number of nitrogens with one attached hydrogen (secondary N) is 1. The topological polar surface area (TPSA) is 72.5 Å². The number of hydrogen-bond acceptors (Lipinski definition) is 4. The molecular formula is C21H17NO4S. The largest absolute Gasteiger partial charge is 0.378 e. The third-order valence-electron chi connectivity index (χ3n) is 4.47. The molecule has 6 heteroatoms. The van der Waals surface area contributed by atoms with Gasteiger partial charge in [-0.3, -0.25) is 4.79 Å². The summed E-state index contributed by atoms with van der Waals surface area (Å²) in [5, 5.41) is 2.72. The fourth-order valence-electron chi connectivity index (χ4n) is 3.11. The van der Waals surface area contributed by atoms with Crippen LogP contribution in [-0.4, -0.2) is 20.9 Å². The number of rotatable bonds is 4. The number of amides is 1. The molecule has 0 saturated carbocycles. The average molecular weight is 379 g/mol. The highest BCUT2D eigenvalue weighted by atomic mass is 32.2. The summed E-state index contributed by atoms with van der Waals surface area (Å²) in [6, 6.07) is 20.9. The molecule has 136 valence electrons. The monoisotopic (exact) mass is 379 g/mol. The van der Waals surface area contributed by atoms with Crippen LogP contribution in [-0.2, 0) is 16.5 Å². The number of para-hydroxylation sites is 1. The third kappa shape index (κ3) is 3.44. The zero-order valence-corrected chi connectivity index (χ0v) is 15.2. The van der Waals surface area contributed by atoms with Gasteiger partial charge in [0.2, 0.25) is 0 Å². The van der Waals surface area contributed by atoms with E-state index in [4.69, 9.17) is 4.18 Å². The molecule has 0 saturated heterocycles. The predicted molar refractivity (Wildman–Crippen MR) is 102 cm³/mol. The Morgan fingerprint density at radius 3 is 2.41 bits per heavy atom. The van der Waals surface area contributed by atoms with Crippen LogP contribution in [0.5, 0.6) is 5.75 Å². The molecule has 0 radical (unpaired) electrons. The smallest absolute Gasteiger partial charge is 0.339 e. The Morgan fingerprint density at radius 2 is 1.59 bits per heavy atom. The van der Waals surface area contributed by atoms with Crippen molar-refractivity contribution in [2.45, 2.75) is 11.3 Å². The van der Waals surface area contributed by atoms with Crippen molar-refractivity contribution in [3.05, 3.63) is 83.9 Å². The number of carbonyl (C=O) groups excluding carboxylic acids is 1. The van der Waals surface area contributed by atoms with Gasteiger partial charge >= 0.3 is 10.1 Å². The van der Waals surface area contributed by atoms with Crippen LogP contribution in [0.25, 0.3) is 11.1 Å². The SMILES string of the molecule is O=C1NCCc2ccc(S(=O)(=O)Oc3ccccc3-c3ccccc3)cc21. The summed E-state index contributed by atoms with van der Waals surface area (Å²) in [4.78, 5) is 12.0. The van der Waals surface area contributed by atoms with Crippen molar-refractivity contribution < 1.29 is 17.4 Å². The Hall–Kier alpha value is -3.12. The lowest BCUT2D eigenvalue weighted by atomic mass is 10.0. The molecule has 0 unspecified atom stereocenters. The van der Waals surface area contributed by atoms with Gasteiger partial charge in [0.25, 0.3) is 5.91 Å². The van der Waals surface area contributed by atoms with Gasteiger partial charge in [-0.15, -0.1) is 0 Å². The lowest BCUT2D eigenvalue weighted by molar-refractivity contribution is 0.0945. The summed E-state index contributed by atoms with van der Waals surface area (Å²) in [5.74, 6) is -0.0242. The van der Waals surface area contributed by atoms with Gasteiger partial charge in [0.1, 0.15) is 4.90 Å². The van der Waals surface area contributed by atoms with Crippen molar-refractivity contribution in [2.24, 2.45) is 0 Å². The first-order valence-electron chi connectivity index (χ1n) is 8.55. The number of hydrogen-bond donors (Lipinski definition) is 1. The van der Waals surface area contributed by atoms with Crippen LogP contribution in [0, 0.1) is 0 Å². The van der Waals surface area contributed by atoms with Crippen LogP contribution in [0.4, 0.5) is 0 Å². The van der Waals surface area contributed by atoms with E-state index >= 15 is 0 Å². The second-order valence-electron chi connectivity index (χ2n) is 6.22. The van der Waals surface area contributed by atoms with Crippen LogP contribution < -0.4 is 9.50 Å². The summed E-state index contributed by atoms with van der Waals surface area (Å²) in [7, 11) is -4.08. The van der Waals surface area contributed by atoms with Crippen LogP contribution >= 0.6 is 0 Å². The molecule has 3 aromatic rings. The maximum absolute atomic E-state index is 12.8. The molecule has 3 aromatic carbocycles. The molecule has 5 nitrogen and oxygen atoms in total. The normalized spacial score (nSPS) is 13.6. The Bertz CT molecular complexity index is 1110. The molecule has 0 aromatic heterocycles. The van der Waals surface area contributed by atoms with Crippen LogP contribution in [0.1, 0.15) is 15.9 Å². The van der Waals surface area contributed by atoms with Gasteiger partial charge < -0.3 is 9.50 Å². The maximum atomic E-state index is 12.8. The molecule has 4 rings (SSSR count). The highest BCUT2D eigenvalue weighted by molar-refractivity contribution is 7.87. The number of benzene rings is 3.